The van der Waals surface area contributed by atoms with Crippen molar-refractivity contribution in [2.75, 3.05) is 0 Å². The molecule has 0 radical (unpaired) electrons. The highest BCUT2D eigenvalue weighted by Crippen LogP contribution is 2.22. The zero-order chi connectivity index (χ0) is 15.6. The lowest BCUT2D eigenvalue weighted by Crippen LogP contribution is -2.31. The number of benzene rings is 1. The van der Waals surface area contributed by atoms with Gasteiger partial charge in [-0.05, 0) is 24.6 Å². The number of rotatable bonds is 3. The molecule has 0 unspecified atom stereocenters. The summed E-state index contributed by atoms with van der Waals surface area (Å²) in [5.74, 6) is -0.337. The molecule has 2 rings (SSSR count). The van der Waals surface area contributed by atoms with E-state index < -0.39 is 17.6 Å². The average molecular weight is 300 g/mol. The lowest BCUT2D eigenvalue weighted by atomic mass is 10.2. The van der Waals surface area contributed by atoms with Gasteiger partial charge in [-0.2, -0.15) is 0 Å². The lowest BCUT2D eigenvalue weighted by molar-refractivity contribution is -0.274. The minimum atomic E-state index is -4.74. The molecule has 1 N–H and O–H groups in total. The normalized spacial score (nSPS) is 11.4. The fourth-order valence-corrected chi connectivity index (χ4v) is 1.73. The van der Waals surface area contributed by atoms with Crippen molar-refractivity contribution < 1.29 is 17.9 Å². The summed E-state index contributed by atoms with van der Waals surface area (Å²) in [7, 11) is 0. The van der Waals surface area contributed by atoms with Crippen LogP contribution in [0.15, 0.2) is 40.1 Å². The minimum absolute atomic E-state index is 0.128. The molecule has 2 aromatic rings. The maximum atomic E-state index is 12.0. The smallest absolute Gasteiger partial charge is 0.406 e. The molecule has 5 nitrogen and oxygen atoms in total. The molecule has 8 heteroatoms. The van der Waals surface area contributed by atoms with E-state index in [0.717, 1.165) is 12.1 Å². The van der Waals surface area contributed by atoms with Crippen LogP contribution in [0.3, 0.4) is 0 Å². The summed E-state index contributed by atoms with van der Waals surface area (Å²) in [6.07, 6.45) is -3.35. The van der Waals surface area contributed by atoms with Crippen molar-refractivity contribution in [2.24, 2.45) is 0 Å². The molecule has 0 saturated carbocycles. The Labute approximate surface area is 116 Å². The molecule has 1 heterocycles. The third-order valence-electron chi connectivity index (χ3n) is 2.70. The molecular formula is C13H11F3N2O3. The number of nitrogens with zero attached hydrogens (tertiary/aromatic N) is 1. The molecular weight excluding hydrogens is 289 g/mol. The number of aromatic nitrogens is 2. The van der Waals surface area contributed by atoms with Crippen LogP contribution in [0.5, 0.6) is 5.75 Å². The van der Waals surface area contributed by atoms with Crippen molar-refractivity contribution in [3.63, 3.8) is 0 Å². The van der Waals surface area contributed by atoms with Crippen LogP contribution >= 0.6 is 0 Å². The van der Waals surface area contributed by atoms with Gasteiger partial charge in [-0.3, -0.25) is 14.3 Å². The predicted molar refractivity (Wildman–Crippen MR) is 68.3 cm³/mol. The van der Waals surface area contributed by atoms with Gasteiger partial charge in [0.05, 0.1) is 6.54 Å². The number of hydrogen-bond donors (Lipinski definition) is 1. The van der Waals surface area contributed by atoms with Gasteiger partial charge in [-0.25, -0.2) is 4.79 Å². The molecule has 0 bridgehead atoms. The van der Waals surface area contributed by atoms with E-state index in [1.807, 2.05) is 0 Å². The van der Waals surface area contributed by atoms with Crippen molar-refractivity contribution in [1.82, 2.24) is 9.55 Å². The molecule has 0 spiro atoms. The summed E-state index contributed by atoms with van der Waals surface area (Å²) >= 11 is 0. The van der Waals surface area contributed by atoms with Gasteiger partial charge < -0.3 is 4.74 Å². The van der Waals surface area contributed by atoms with Crippen molar-refractivity contribution >= 4 is 0 Å². The van der Waals surface area contributed by atoms with Crippen molar-refractivity contribution in [3.8, 4) is 5.75 Å². The highest BCUT2D eigenvalue weighted by molar-refractivity contribution is 5.27. The highest BCUT2D eigenvalue weighted by atomic mass is 19.4. The first-order chi connectivity index (χ1) is 9.74. The fraction of sp³-hybridized carbons (Fsp3) is 0.231. The zero-order valence-corrected chi connectivity index (χ0v) is 10.9. The second-order valence-corrected chi connectivity index (χ2v) is 4.39. The fourth-order valence-electron chi connectivity index (χ4n) is 1.73. The van der Waals surface area contributed by atoms with Crippen LogP contribution in [0.1, 0.15) is 11.1 Å². The Bertz CT molecular complexity index is 745. The minimum Gasteiger partial charge on any atom is -0.406 e. The lowest BCUT2D eigenvalue weighted by Gasteiger charge is -2.10. The first-order valence-corrected chi connectivity index (χ1v) is 5.90. The van der Waals surface area contributed by atoms with Crippen LogP contribution in [-0.4, -0.2) is 15.9 Å². The zero-order valence-electron chi connectivity index (χ0n) is 10.9. The monoisotopic (exact) mass is 300 g/mol. The van der Waals surface area contributed by atoms with Gasteiger partial charge >= 0.3 is 12.1 Å². The molecule has 0 aliphatic rings. The number of alkyl halides is 3. The summed E-state index contributed by atoms with van der Waals surface area (Å²) in [4.78, 5) is 25.0. The van der Waals surface area contributed by atoms with Crippen LogP contribution in [-0.2, 0) is 6.54 Å². The summed E-state index contributed by atoms with van der Waals surface area (Å²) in [5.41, 5.74) is -0.0870. The van der Waals surface area contributed by atoms with Crippen molar-refractivity contribution in [3.05, 3.63) is 62.4 Å². The van der Waals surface area contributed by atoms with Gasteiger partial charge in [0.2, 0.25) is 0 Å². The molecule has 0 atom stereocenters. The number of ether oxygens (including phenoxy) is 1. The van der Waals surface area contributed by atoms with E-state index in [1.54, 1.807) is 6.92 Å². The molecule has 112 valence electrons. The number of aromatic amines is 1. The Balaban J connectivity index is 2.19. The first kappa shape index (κ1) is 14.9. The number of halogens is 3. The third kappa shape index (κ3) is 3.98. The van der Waals surface area contributed by atoms with E-state index in [0.29, 0.717) is 11.1 Å². The van der Waals surface area contributed by atoms with Gasteiger partial charge in [0.1, 0.15) is 5.75 Å². The number of nitrogens with one attached hydrogen (secondary N) is 1. The molecule has 21 heavy (non-hydrogen) atoms. The standard InChI is InChI=1S/C13H11F3N2O3/c1-8-6-18(12(20)17-11(8)19)7-9-2-4-10(5-3-9)21-13(14,15)16/h2-6H,7H2,1H3,(H,17,19,20). The van der Waals surface area contributed by atoms with Gasteiger partial charge in [0, 0.05) is 11.8 Å². The molecule has 0 saturated heterocycles. The Morgan fingerprint density at radius 2 is 1.81 bits per heavy atom. The quantitative estimate of drug-likeness (QED) is 0.940. The van der Waals surface area contributed by atoms with E-state index in [1.165, 1.54) is 22.9 Å². The average Bonchev–Trinajstić information content (AvgIpc) is 2.36. The van der Waals surface area contributed by atoms with Gasteiger partial charge in [-0.1, -0.05) is 12.1 Å². The topological polar surface area (TPSA) is 64.1 Å². The van der Waals surface area contributed by atoms with Crippen molar-refractivity contribution in [2.45, 2.75) is 19.8 Å². The van der Waals surface area contributed by atoms with E-state index in [-0.39, 0.29) is 12.3 Å². The molecule has 0 aliphatic heterocycles. The first-order valence-electron chi connectivity index (χ1n) is 5.90. The van der Waals surface area contributed by atoms with E-state index in [4.69, 9.17) is 0 Å². The van der Waals surface area contributed by atoms with E-state index in [2.05, 4.69) is 9.72 Å². The number of H-pyrrole nitrogens is 1. The largest absolute Gasteiger partial charge is 0.573 e. The molecule has 0 aliphatic carbocycles. The van der Waals surface area contributed by atoms with Crippen LogP contribution in [0.2, 0.25) is 0 Å². The van der Waals surface area contributed by atoms with Gasteiger partial charge in [0.15, 0.2) is 0 Å². The van der Waals surface area contributed by atoms with Gasteiger partial charge in [0.25, 0.3) is 5.56 Å². The summed E-state index contributed by atoms with van der Waals surface area (Å²) < 4.78 is 41.1. The Hall–Kier alpha value is -2.51. The number of aryl methyl sites for hydroxylation is 1. The van der Waals surface area contributed by atoms with Gasteiger partial charge in [-0.15, -0.1) is 13.2 Å². The van der Waals surface area contributed by atoms with Crippen LogP contribution in [0.4, 0.5) is 13.2 Å². The van der Waals surface area contributed by atoms with Crippen LogP contribution in [0.25, 0.3) is 0 Å². The van der Waals surface area contributed by atoms with E-state index in [9.17, 15) is 22.8 Å². The van der Waals surface area contributed by atoms with Crippen LogP contribution in [0, 0.1) is 6.92 Å². The molecule has 0 amide bonds. The molecule has 1 aromatic carbocycles. The molecule has 0 fully saturated rings. The molecule has 1 aromatic heterocycles. The maximum absolute atomic E-state index is 12.0. The summed E-state index contributed by atoms with van der Waals surface area (Å²) in [6, 6.07) is 5.14. The number of hydrogen-bond acceptors (Lipinski definition) is 3. The Morgan fingerprint density at radius 3 is 2.38 bits per heavy atom. The summed E-state index contributed by atoms with van der Waals surface area (Å²) in [5, 5.41) is 0. The Morgan fingerprint density at radius 1 is 1.19 bits per heavy atom. The second kappa shape index (κ2) is 5.47. The third-order valence-corrected chi connectivity index (χ3v) is 2.70. The Kier molecular flexibility index (Phi) is 3.88. The van der Waals surface area contributed by atoms with Crippen molar-refractivity contribution in [1.29, 1.82) is 0 Å². The highest BCUT2D eigenvalue weighted by Gasteiger charge is 2.30. The predicted octanol–water partition coefficient (Wildman–Crippen LogP) is 1.79. The second-order valence-electron chi connectivity index (χ2n) is 4.39. The van der Waals surface area contributed by atoms with Crippen LogP contribution < -0.4 is 16.0 Å². The van der Waals surface area contributed by atoms with E-state index >= 15 is 0 Å². The summed E-state index contributed by atoms with van der Waals surface area (Å²) in [6.45, 7) is 1.68. The SMILES string of the molecule is Cc1cn(Cc2ccc(OC(F)(F)F)cc2)c(=O)[nH]c1=O. The maximum Gasteiger partial charge on any atom is 0.573 e.